The van der Waals surface area contributed by atoms with E-state index in [0.29, 0.717) is 10.6 Å². The molecule has 2 aromatic rings. The number of hydrogen-bond acceptors (Lipinski definition) is 5. The van der Waals surface area contributed by atoms with Crippen LogP contribution in [0.4, 0.5) is 5.00 Å². The maximum absolute atomic E-state index is 12.2. The molecule has 1 unspecified atom stereocenters. The molecule has 0 bridgehead atoms. The Morgan fingerprint density at radius 1 is 1.31 bits per heavy atom. The Labute approximate surface area is 156 Å². The molecule has 6 nitrogen and oxygen atoms in total. The highest BCUT2D eigenvalue weighted by molar-refractivity contribution is 7.17. The molecule has 1 aromatic heterocycles. The van der Waals surface area contributed by atoms with Gasteiger partial charge in [-0.1, -0.05) is 19.1 Å². The van der Waals surface area contributed by atoms with E-state index in [2.05, 4.69) is 11.4 Å². The van der Waals surface area contributed by atoms with E-state index < -0.39 is 5.97 Å². The average molecular weight is 372 g/mol. The monoisotopic (exact) mass is 372 g/mol. The van der Waals surface area contributed by atoms with Crippen LogP contribution in [0.25, 0.3) is 11.1 Å². The first-order chi connectivity index (χ1) is 12.3. The van der Waals surface area contributed by atoms with Crippen LogP contribution >= 0.6 is 11.3 Å². The lowest BCUT2D eigenvalue weighted by Crippen LogP contribution is -2.16. The van der Waals surface area contributed by atoms with Crippen LogP contribution in [0.2, 0.25) is 0 Å². The van der Waals surface area contributed by atoms with Crippen LogP contribution in [0.3, 0.4) is 0 Å². The highest BCUT2D eigenvalue weighted by atomic mass is 32.1. The number of aliphatic carboxylic acids is 1. The number of carbonyl (C=O) groups excluding carboxylic acids is 1. The van der Waals surface area contributed by atoms with Gasteiger partial charge in [0, 0.05) is 23.3 Å². The number of carboxylic acids is 1. The molecule has 1 aromatic carbocycles. The van der Waals surface area contributed by atoms with Crippen molar-refractivity contribution < 1.29 is 19.4 Å². The third-order valence-electron chi connectivity index (χ3n) is 3.88. The van der Waals surface area contributed by atoms with Crippen LogP contribution in [0.5, 0.6) is 5.75 Å². The predicted octanol–water partition coefficient (Wildman–Crippen LogP) is 4.04. The largest absolute Gasteiger partial charge is 0.497 e. The van der Waals surface area contributed by atoms with Crippen LogP contribution in [0.1, 0.15) is 30.2 Å². The normalized spacial score (nSPS) is 11.5. The molecule has 0 fully saturated rings. The van der Waals surface area contributed by atoms with E-state index in [9.17, 15) is 14.9 Å². The van der Waals surface area contributed by atoms with Crippen molar-refractivity contribution in [1.29, 1.82) is 5.26 Å². The molecule has 26 heavy (non-hydrogen) atoms. The number of hydrogen-bond donors (Lipinski definition) is 2. The molecule has 1 heterocycles. The quantitative estimate of drug-likeness (QED) is 0.764. The molecule has 0 radical (unpaired) electrons. The molecule has 1 amide bonds. The van der Waals surface area contributed by atoms with Gasteiger partial charge in [-0.3, -0.25) is 9.59 Å². The Balaban J connectivity index is 2.24. The van der Waals surface area contributed by atoms with E-state index in [0.717, 1.165) is 21.8 Å². The number of nitrogens with one attached hydrogen (secondary N) is 1. The zero-order chi connectivity index (χ0) is 19.3. The minimum atomic E-state index is -0.934. The Hall–Kier alpha value is -2.85. The van der Waals surface area contributed by atoms with E-state index in [1.165, 1.54) is 11.3 Å². The van der Waals surface area contributed by atoms with Crippen molar-refractivity contribution >= 4 is 28.2 Å². The molecule has 0 aliphatic carbocycles. The number of rotatable bonds is 7. The standard InChI is InChI=1S/C19H20N2O4S/c1-11(9-17(23)24)8-16(22)21-19-15(10-20)18(12(2)26-19)13-4-6-14(25-3)7-5-13/h4-7,11H,8-9H2,1-3H3,(H,21,22)(H,23,24). The third-order valence-corrected chi connectivity index (χ3v) is 4.91. The molecule has 0 saturated carbocycles. The summed E-state index contributed by atoms with van der Waals surface area (Å²) < 4.78 is 5.15. The molecule has 136 valence electrons. The zero-order valence-electron chi connectivity index (χ0n) is 14.8. The molecular weight excluding hydrogens is 352 g/mol. The first-order valence-corrected chi connectivity index (χ1v) is 8.86. The van der Waals surface area contributed by atoms with Gasteiger partial charge in [-0.15, -0.1) is 11.3 Å². The van der Waals surface area contributed by atoms with Gasteiger partial charge in [0.2, 0.25) is 5.91 Å². The van der Waals surface area contributed by atoms with Gasteiger partial charge in [0.25, 0.3) is 0 Å². The number of nitriles is 1. The minimum Gasteiger partial charge on any atom is -0.497 e. The van der Waals surface area contributed by atoms with Gasteiger partial charge in [0.1, 0.15) is 16.8 Å². The number of thiophene rings is 1. The maximum atomic E-state index is 12.2. The number of carboxylic acid groups (broad SMARTS) is 1. The van der Waals surface area contributed by atoms with Gasteiger partial charge in [-0.05, 0) is 30.5 Å². The van der Waals surface area contributed by atoms with Crippen molar-refractivity contribution in [1.82, 2.24) is 0 Å². The van der Waals surface area contributed by atoms with Gasteiger partial charge < -0.3 is 15.2 Å². The summed E-state index contributed by atoms with van der Waals surface area (Å²) in [6, 6.07) is 9.55. The summed E-state index contributed by atoms with van der Waals surface area (Å²) in [4.78, 5) is 23.8. The first kappa shape index (κ1) is 19.5. The molecule has 0 saturated heterocycles. The van der Waals surface area contributed by atoms with E-state index >= 15 is 0 Å². The average Bonchev–Trinajstić information content (AvgIpc) is 2.88. The topological polar surface area (TPSA) is 99.4 Å². The summed E-state index contributed by atoms with van der Waals surface area (Å²) in [6.45, 7) is 3.61. The Morgan fingerprint density at radius 3 is 2.50 bits per heavy atom. The highest BCUT2D eigenvalue weighted by Gasteiger charge is 2.20. The number of benzene rings is 1. The van der Waals surface area contributed by atoms with Crippen molar-refractivity contribution in [2.24, 2.45) is 5.92 Å². The lowest BCUT2D eigenvalue weighted by Gasteiger charge is -2.08. The third kappa shape index (κ3) is 4.61. The number of carbonyl (C=O) groups is 2. The van der Waals surface area contributed by atoms with Crippen LogP contribution in [0, 0.1) is 24.2 Å². The van der Waals surface area contributed by atoms with Gasteiger partial charge in [-0.25, -0.2) is 0 Å². The van der Waals surface area contributed by atoms with E-state index in [4.69, 9.17) is 9.84 Å². The molecule has 2 rings (SSSR count). The fraction of sp³-hybridized carbons (Fsp3) is 0.316. The van der Waals surface area contributed by atoms with Crippen molar-refractivity contribution in [3.05, 3.63) is 34.7 Å². The lowest BCUT2D eigenvalue weighted by molar-refractivity contribution is -0.138. The Morgan fingerprint density at radius 2 is 1.96 bits per heavy atom. The van der Waals surface area contributed by atoms with Crippen molar-refractivity contribution in [2.75, 3.05) is 12.4 Å². The van der Waals surface area contributed by atoms with Crippen LogP contribution in [-0.2, 0) is 9.59 Å². The fourth-order valence-corrected chi connectivity index (χ4v) is 3.75. The number of ether oxygens (including phenoxy) is 1. The smallest absolute Gasteiger partial charge is 0.303 e. The molecular formula is C19H20N2O4S. The summed E-state index contributed by atoms with van der Waals surface area (Å²) >= 11 is 1.34. The highest BCUT2D eigenvalue weighted by Crippen LogP contribution is 2.39. The summed E-state index contributed by atoms with van der Waals surface area (Å²) in [5.41, 5.74) is 2.07. The molecule has 0 spiro atoms. The minimum absolute atomic E-state index is 0.0703. The molecule has 0 aliphatic rings. The second-order valence-electron chi connectivity index (χ2n) is 6.03. The number of methoxy groups -OCH3 is 1. The van der Waals surface area contributed by atoms with Crippen LogP contribution < -0.4 is 10.1 Å². The number of anilines is 1. The SMILES string of the molecule is COc1ccc(-c2c(C)sc(NC(=O)CC(C)CC(=O)O)c2C#N)cc1. The second kappa shape index (κ2) is 8.50. The number of aryl methyl sites for hydroxylation is 1. The summed E-state index contributed by atoms with van der Waals surface area (Å²) in [5.74, 6) is -0.782. The van der Waals surface area contributed by atoms with E-state index in [-0.39, 0.29) is 24.7 Å². The van der Waals surface area contributed by atoms with Gasteiger partial charge in [0.15, 0.2) is 0 Å². The Kier molecular flexibility index (Phi) is 6.36. The second-order valence-corrected chi connectivity index (χ2v) is 7.26. The predicted molar refractivity (Wildman–Crippen MR) is 100 cm³/mol. The maximum Gasteiger partial charge on any atom is 0.303 e. The van der Waals surface area contributed by atoms with Gasteiger partial charge in [-0.2, -0.15) is 5.26 Å². The zero-order valence-corrected chi connectivity index (χ0v) is 15.6. The van der Waals surface area contributed by atoms with E-state index in [1.54, 1.807) is 14.0 Å². The fourth-order valence-electron chi connectivity index (χ4n) is 2.71. The summed E-state index contributed by atoms with van der Waals surface area (Å²) in [7, 11) is 1.59. The first-order valence-electron chi connectivity index (χ1n) is 8.05. The van der Waals surface area contributed by atoms with Crippen LogP contribution in [-0.4, -0.2) is 24.1 Å². The van der Waals surface area contributed by atoms with Crippen LogP contribution in [0.15, 0.2) is 24.3 Å². The molecule has 7 heteroatoms. The number of amides is 1. The van der Waals surface area contributed by atoms with Crippen molar-refractivity contribution in [3.8, 4) is 22.9 Å². The van der Waals surface area contributed by atoms with Crippen molar-refractivity contribution in [2.45, 2.75) is 26.7 Å². The molecule has 0 aliphatic heterocycles. The van der Waals surface area contributed by atoms with Crippen molar-refractivity contribution in [3.63, 3.8) is 0 Å². The van der Waals surface area contributed by atoms with Gasteiger partial charge >= 0.3 is 5.97 Å². The van der Waals surface area contributed by atoms with E-state index in [1.807, 2.05) is 31.2 Å². The summed E-state index contributed by atoms with van der Waals surface area (Å²) in [5, 5.41) is 21.6. The molecule has 2 N–H and O–H groups in total. The molecule has 1 atom stereocenters. The summed E-state index contributed by atoms with van der Waals surface area (Å²) in [6.07, 6.45) is 0.0189. The number of nitrogens with zero attached hydrogens (tertiary/aromatic N) is 1. The Bertz CT molecular complexity index is 850. The van der Waals surface area contributed by atoms with Gasteiger partial charge in [0.05, 0.1) is 12.7 Å². The lowest BCUT2D eigenvalue weighted by atomic mass is 10.0.